The van der Waals surface area contributed by atoms with Gasteiger partial charge in [0, 0.05) is 10.8 Å². The van der Waals surface area contributed by atoms with Crippen LogP contribution in [0, 0.1) is 0 Å². The van der Waals surface area contributed by atoms with Crippen LogP contribution in [-0.4, -0.2) is 32.5 Å². The first-order chi connectivity index (χ1) is 14.5. The van der Waals surface area contributed by atoms with Crippen molar-refractivity contribution in [1.29, 1.82) is 0 Å². The standard InChI is InChI=1S/C22H19NO6S/c24-22(25)19(14-28-13-15-6-2-1-3-7-15)23(30(26)27)16-10-11-21-18(12-16)17-8-4-5-9-20(17)29-21/h1-12,19H,13-14H2,(H,24,25)(H,26,27). The van der Waals surface area contributed by atoms with Crippen molar-refractivity contribution in [3.63, 3.8) is 0 Å². The summed E-state index contributed by atoms with van der Waals surface area (Å²) in [5.74, 6) is -1.26. The fourth-order valence-electron chi connectivity index (χ4n) is 3.33. The number of carbonyl (C=O) groups is 1. The van der Waals surface area contributed by atoms with Crippen LogP contribution >= 0.6 is 0 Å². The Balaban J connectivity index is 1.64. The molecule has 0 aliphatic heterocycles. The highest BCUT2D eigenvalue weighted by molar-refractivity contribution is 7.80. The van der Waals surface area contributed by atoms with E-state index in [4.69, 9.17) is 9.15 Å². The second kappa shape index (κ2) is 8.66. The molecular weight excluding hydrogens is 406 g/mol. The summed E-state index contributed by atoms with van der Waals surface area (Å²) in [6.45, 7) is -0.0668. The summed E-state index contributed by atoms with van der Waals surface area (Å²) in [5, 5.41) is 11.3. The van der Waals surface area contributed by atoms with E-state index in [0.29, 0.717) is 11.2 Å². The van der Waals surface area contributed by atoms with Gasteiger partial charge in [-0.05, 0) is 29.8 Å². The third kappa shape index (κ3) is 4.06. The molecule has 0 spiro atoms. The molecule has 2 unspecified atom stereocenters. The summed E-state index contributed by atoms with van der Waals surface area (Å²) in [5.41, 5.74) is 2.45. The summed E-state index contributed by atoms with van der Waals surface area (Å²) in [7, 11) is 0. The molecule has 0 saturated carbocycles. The van der Waals surface area contributed by atoms with Crippen LogP contribution in [0.15, 0.2) is 77.2 Å². The summed E-state index contributed by atoms with van der Waals surface area (Å²) >= 11 is -2.58. The van der Waals surface area contributed by atoms with Gasteiger partial charge in [0.2, 0.25) is 0 Å². The van der Waals surface area contributed by atoms with Crippen molar-refractivity contribution in [2.75, 3.05) is 10.9 Å². The van der Waals surface area contributed by atoms with Crippen LogP contribution in [0.5, 0.6) is 0 Å². The Hall–Kier alpha value is -3.20. The minimum absolute atomic E-state index is 0.196. The van der Waals surface area contributed by atoms with Gasteiger partial charge in [-0.2, -0.15) is 0 Å². The van der Waals surface area contributed by atoms with Crippen LogP contribution in [-0.2, 0) is 27.4 Å². The molecule has 8 heteroatoms. The Labute approximate surface area is 174 Å². The maximum Gasteiger partial charge on any atom is 0.329 e. The van der Waals surface area contributed by atoms with E-state index in [1.165, 1.54) is 0 Å². The zero-order valence-electron chi connectivity index (χ0n) is 15.8. The van der Waals surface area contributed by atoms with Crippen LogP contribution in [0.25, 0.3) is 21.9 Å². The zero-order valence-corrected chi connectivity index (χ0v) is 16.6. The maximum absolute atomic E-state index is 12.1. The van der Waals surface area contributed by atoms with E-state index in [-0.39, 0.29) is 18.9 Å². The van der Waals surface area contributed by atoms with Gasteiger partial charge in [-0.15, -0.1) is 0 Å². The third-order valence-electron chi connectivity index (χ3n) is 4.74. The Morgan fingerprint density at radius 1 is 1.00 bits per heavy atom. The minimum atomic E-state index is -2.58. The monoisotopic (exact) mass is 425 g/mol. The van der Waals surface area contributed by atoms with Crippen LogP contribution in [0.2, 0.25) is 0 Å². The van der Waals surface area contributed by atoms with Crippen LogP contribution in [0.3, 0.4) is 0 Å². The molecule has 2 atom stereocenters. The number of rotatable bonds is 8. The number of nitrogens with zero attached hydrogens (tertiary/aromatic N) is 1. The molecule has 30 heavy (non-hydrogen) atoms. The number of aliphatic carboxylic acids is 1. The van der Waals surface area contributed by atoms with Gasteiger partial charge in [-0.1, -0.05) is 48.5 Å². The third-order valence-corrected chi connectivity index (χ3v) is 5.54. The molecule has 0 aliphatic rings. The average Bonchev–Trinajstić information content (AvgIpc) is 3.11. The molecule has 0 amide bonds. The number of anilines is 1. The number of fused-ring (bicyclic) bond motifs is 3. The number of carboxylic acids is 1. The molecule has 1 aromatic heterocycles. The molecule has 3 aromatic carbocycles. The van der Waals surface area contributed by atoms with Gasteiger partial charge in [0.15, 0.2) is 6.04 Å². The van der Waals surface area contributed by atoms with Gasteiger partial charge in [0.25, 0.3) is 11.3 Å². The van der Waals surface area contributed by atoms with Gasteiger partial charge in [0.1, 0.15) is 11.2 Å². The quantitative estimate of drug-likeness (QED) is 0.411. The van der Waals surface area contributed by atoms with Crippen molar-refractivity contribution in [2.45, 2.75) is 12.6 Å². The number of para-hydroxylation sites is 1. The lowest BCUT2D eigenvalue weighted by atomic mass is 10.1. The Morgan fingerprint density at radius 2 is 1.70 bits per heavy atom. The van der Waals surface area contributed by atoms with Gasteiger partial charge >= 0.3 is 5.97 Å². The SMILES string of the molecule is O=C(O)C(COCc1ccccc1)N(c1ccc2oc3ccccc3c2c1)S(=O)O. The van der Waals surface area contributed by atoms with Crippen molar-refractivity contribution in [2.24, 2.45) is 0 Å². The second-order valence-corrected chi connectivity index (χ2v) is 7.54. The molecule has 0 bridgehead atoms. The van der Waals surface area contributed by atoms with Crippen molar-refractivity contribution < 1.29 is 27.8 Å². The van der Waals surface area contributed by atoms with Crippen LogP contribution in [0.4, 0.5) is 5.69 Å². The number of benzene rings is 3. The first-order valence-electron chi connectivity index (χ1n) is 9.20. The van der Waals surface area contributed by atoms with Crippen LogP contribution in [0.1, 0.15) is 5.56 Å². The molecule has 0 saturated heterocycles. The summed E-state index contributed by atoms with van der Waals surface area (Å²) in [6, 6.07) is 20.2. The summed E-state index contributed by atoms with van der Waals surface area (Å²) in [4.78, 5) is 11.9. The second-order valence-electron chi connectivity index (χ2n) is 6.69. The Bertz CT molecular complexity index is 1210. The lowest BCUT2D eigenvalue weighted by Gasteiger charge is -2.26. The molecule has 0 radical (unpaired) electrons. The van der Waals surface area contributed by atoms with Gasteiger partial charge in [-0.3, -0.25) is 8.86 Å². The molecule has 7 nitrogen and oxygen atoms in total. The number of carboxylic acid groups (broad SMARTS) is 1. The fraction of sp³-hybridized carbons (Fsp3) is 0.136. The highest BCUT2D eigenvalue weighted by atomic mass is 32.2. The van der Waals surface area contributed by atoms with E-state index >= 15 is 0 Å². The van der Waals surface area contributed by atoms with E-state index in [9.17, 15) is 18.7 Å². The Morgan fingerprint density at radius 3 is 2.43 bits per heavy atom. The number of hydrogen-bond acceptors (Lipinski definition) is 4. The number of ether oxygens (including phenoxy) is 1. The van der Waals surface area contributed by atoms with E-state index in [1.807, 2.05) is 54.6 Å². The average molecular weight is 425 g/mol. The van der Waals surface area contributed by atoms with Gasteiger partial charge < -0.3 is 14.3 Å². The first-order valence-corrected chi connectivity index (χ1v) is 10.3. The Kier molecular flexibility index (Phi) is 5.80. The fourth-order valence-corrected chi connectivity index (χ4v) is 3.99. The highest BCUT2D eigenvalue weighted by Crippen LogP contribution is 2.32. The van der Waals surface area contributed by atoms with E-state index in [0.717, 1.165) is 20.6 Å². The minimum Gasteiger partial charge on any atom is -0.480 e. The molecule has 0 fully saturated rings. The van der Waals surface area contributed by atoms with Crippen molar-refractivity contribution >= 4 is 44.9 Å². The molecule has 4 rings (SSSR count). The molecule has 0 aliphatic carbocycles. The lowest BCUT2D eigenvalue weighted by Crippen LogP contribution is -2.45. The zero-order chi connectivity index (χ0) is 21.1. The van der Waals surface area contributed by atoms with E-state index in [1.54, 1.807) is 18.2 Å². The largest absolute Gasteiger partial charge is 0.480 e. The maximum atomic E-state index is 12.1. The van der Waals surface area contributed by atoms with Crippen LogP contribution < -0.4 is 4.31 Å². The first kappa shape index (κ1) is 20.1. The van der Waals surface area contributed by atoms with Gasteiger partial charge in [0.05, 0.1) is 18.9 Å². The summed E-state index contributed by atoms with van der Waals surface area (Å²) in [6.07, 6.45) is 0. The van der Waals surface area contributed by atoms with Crippen molar-refractivity contribution in [3.05, 3.63) is 78.4 Å². The summed E-state index contributed by atoms with van der Waals surface area (Å²) < 4.78 is 34.3. The van der Waals surface area contributed by atoms with Gasteiger partial charge in [-0.25, -0.2) is 9.00 Å². The predicted molar refractivity (Wildman–Crippen MR) is 114 cm³/mol. The topological polar surface area (TPSA) is 100 Å². The lowest BCUT2D eigenvalue weighted by molar-refractivity contribution is -0.139. The molecule has 2 N–H and O–H groups in total. The predicted octanol–water partition coefficient (Wildman–Crippen LogP) is 4.20. The molecule has 154 valence electrons. The highest BCUT2D eigenvalue weighted by Gasteiger charge is 2.31. The molecule has 4 aromatic rings. The number of furan rings is 1. The number of hydrogen-bond donors (Lipinski definition) is 2. The normalized spacial score (nSPS) is 13.4. The van der Waals surface area contributed by atoms with E-state index in [2.05, 4.69) is 0 Å². The van der Waals surface area contributed by atoms with Crippen molar-refractivity contribution in [3.8, 4) is 0 Å². The van der Waals surface area contributed by atoms with E-state index < -0.39 is 23.3 Å². The van der Waals surface area contributed by atoms with Crippen molar-refractivity contribution in [1.82, 2.24) is 0 Å². The molecular formula is C22H19NO6S. The smallest absolute Gasteiger partial charge is 0.329 e. The molecule has 1 heterocycles.